The average molecular weight is 581 g/mol. The van der Waals surface area contributed by atoms with Crippen molar-refractivity contribution in [3.8, 4) is 45.9 Å². The molecule has 0 fully saturated rings. The minimum absolute atomic E-state index is 0. The maximum atomic E-state index is 5.27. The summed E-state index contributed by atoms with van der Waals surface area (Å²) in [6, 6.07) is 21.5. The summed E-state index contributed by atoms with van der Waals surface area (Å²) in [5.41, 5.74) is 3.47. The zero-order valence-electron chi connectivity index (χ0n) is 19.3. The molecule has 2 aromatic carbocycles. The van der Waals surface area contributed by atoms with Crippen molar-refractivity contribution in [2.45, 2.75) is 0 Å². The first kappa shape index (κ1) is 31.1. The van der Waals surface area contributed by atoms with Crippen molar-refractivity contribution in [3.05, 3.63) is 91.5 Å². The fourth-order valence-corrected chi connectivity index (χ4v) is 3.57. The smallest absolute Gasteiger partial charge is 1.00 e. The quantitative estimate of drug-likeness (QED) is 0.204. The van der Waals surface area contributed by atoms with E-state index in [1.54, 1.807) is 26.6 Å². The molecule has 184 valence electrons. The van der Waals surface area contributed by atoms with E-state index in [9.17, 15) is 0 Å². The Kier molecular flexibility index (Phi) is 12.1. The maximum Gasteiger partial charge on any atom is 3.00 e. The Hall–Kier alpha value is -2.94. The van der Waals surface area contributed by atoms with Gasteiger partial charge in [0.15, 0.2) is 11.6 Å². The summed E-state index contributed by atoms with van der Waals surface area (Å²) in [6.07, 6.45) is 7.38. The van der Waals surface area contributed by atoms with Gasteiger partial charge in [0.1, 0.15) is 22.9 Å². The molecule has 3 heterocycles. The minimum atomic E-state index is 0. The van der Waals surface area contributed by atoms with E-state index in [-0.39, 0.29) is 55.8 Å². The Morgan fingerprint density at radius 3 is 1.33 bits per heavy atom. The van der Waals surface area contributed by atoms with Gasteiger partial charge in [-0.1, -0.05) is 6.07 Å². The monoisotopic (exact) mass is 579 g/mol. The van der Waals surface area contributed by atoms with Crippen LogP contribution in [-0.2, 0) is 18.6 Å². The zero-order chi connectivity index (χ0) is 21.9. The van der Waals surface area contributed by atoms with E-state index in [1.807, 2.05) is 88.3 Å². The van der Waals surface area contributed by atoms with Gasteiger partial charge in [0.05, 0.1) is 14.2 Å². The summed E-state index contributed by atoms with van der Waals surface area (Å²) >= 11 is 0. The molecule has 0 amide bonds. The molecule has 0 saturated carbocycles. The van der Waals surface area contributed by atoms with Crippen molar-refractivity contribution in [1.29, 1.82) is 0 Å². The second kappa shape index (κ2) is 14.0. The van der Waals surface area contributed by atoms with Crippen LogP contribution >= 0.6 is 0 Å². The van der Waals surface area contributed by atoms with Gasteiger partial charge in [-0.3, -0.25) is 9.13 Å². The van der Waals surface area contributed by atoms with Gasteiger partial charge in [0.25, 0.3) is 0 Å². The molecule has 0 N–H and O–H groups in total. The fourth-order valence-electron chi connectivity index (χ4n) is 3.57. The molecule has 11 heteroatoms. The van der Waals surface area contributed by atoms with Crippen molar-refractivity contribution >= 4 is 0 Å². The first-order chi connectivity index (χ1) is 15.8. The van der Waals surface area contributed by atoms with Crippen LogP contribution in [0.2, 0.25) is 0 Å². The van der Waals surface area contributed by atoms with E-state index in [4.69, 9.17) is 14.5 Å². The molecule has 0 unspecified atom stereocenters. The Bertz CT molecular complexity index is 1260. The van der Waals surface area contributed by atoms with Crippen molar-refractivity contribution in [2.75, 3.05) is 14.2 Å². The van der Waals surface area contributed by atoms with Crippen LogP contribution in [0.1, 0.15) is 0 Å². The Morgan fingerprint density at radius 1 is 0.583 bits per heavy atom. The number of methoxy groups -OCH3 is 2. The number of benzene rings is 2. The Morgan fingerprint density at radius 2 is 0.972 bits per heavy atom. The van der Waals surface area contributed by atoms with Crippen LogP contribution in [0.3, 0.4) is 0 Å². The van der Waals surface area contributed by atoms with E-state index in [0.717, 1.165) is 45.9 Å². The van der Waals surface area contributed by atoms with Crippen LogP contribution < -0.4 is 46.7 Å². The molecule has 0 radical (unpaired) electrons. The standard InChI is InChI=1S/C25H21N5O2.3ClH.V/c1-31-20-10-6-18(7-11-20)29-16-14-26-24(29)22-4-3-5-23(28-22)25-27-15-17-30(25)19-8-12-21(32-2)13-9-19;;;;/h3-17H,1-2H3;3*1H;/q;;;;+3/p-3. The average Bonchev–Trinajstić information content (AvgIpc) is 3.54. The predicted octanol–water partition coefficient (Wildman–Crippen LogP) is -4.19. The van der Waals surface area contributed by atoms with Gasteiger partial charge in [0, 0.05) is 36.2 Å². The van der Waals surface area contributed by atoms with Gasteiger partial charge < -0.3 is 46.7 Å². The molecular formula is C25H21Cl3N5O2V. The van der Waals surface area contributed by atoms with E-state index in [2.05, 4.69) is 9.97 Å². The molecule has 36 heavy (non-hydrogen) atoms. The molecule has 5 aromatic rings. The zero-order valence-corrected chi connectivity index (χ0v) is 23.0. The molecular weight excluding hydrogens is 560 g/mol. The molecule has 0 aliphatic heterocycles. The summed E-state index contributed by atoms with van der Waals surface area (Å²) in [5, 5.41) is 0. The van der Waals surface area contributed by atoms with Crippen molar-refractivity contribution in [1.82, 2.24) is 24.1 Å². The SMILES string of the molecule is COc1ccc(-n2ccnc2-c2cccc(-c3nccn3-c3ccc(OC)cc3)n2)cc1.[Cl-].[Cl-].[Cl-].[V+3]. The van der Waals surface area contributed by atoms with Gasteiger partial charge in [-0.05, 0) is 60.7 Å². The number of nitrogens with zero attached hydrogens (tertiary/aromatic N) is 5. The van der Waals surface area contributed by atoms with Gasteiger partial charge >= 0.3 is 18.6 Å². The number of halogens is 3. The fraction of sp³-hybridized carbons (Fsp3) is 0.0800. The number of hydrogen-bond donors (Lipinski definition) is 0. The molecule has 7 nitrogen and oxygen atoms in total. The van der Waals surface area contributed by atoms with E-state index >= 15 is 0 Å². The first-order valence-electron chi connectivity index (χ1n) is 10.1. The van der Waals surface area contributed by atoms with Crippen LogP contribution in [-0.4, -0.2) is 38.3 Å². The molecule has 0 aliphatic carbocycles. The van der Waals surface area contributed by atoms with Crippen molar-refractivity contribution < 1.29 is 65.3 Å². The predicted molar refractivity (Wildman–Crippen MR) is 122 cm³/mol. The maximum absolute atomic E-state index is 5.27. The second-order valence-corrected chi connectivity index (χ2v) is 7.05. The van der Waals surface area contributed by atoms with Crippen LogP contribution in [0.4, 0.5) is 0 Å². The third-order valence-corrected chi connectivity index (χ3v) is 5.19. The van der Waals surface area contributed by atoms with Crippen molar-refractivity contribution in [3.63, 3.8) is 0 Å². The van der Waals surface area contributed by atoms with Gasteiger partial charge in [-0.15, -0.1) is 0 Å². The van der Waals surface area contributed by atoms with E-state index in [0.29, 0.717) is 0 Å². The Labute approximate surface area is 240 Å². The summed E-state index contributed by atoms with van der Waals surface area (Å²) in [6.45, 7) is 0. The number of aromatic nitrogens is 5. The summed E-state index contributed by atoms with van der Waals surface area (Å²) in [4.78, 5) is 14.0. The largest absolute Gasteiger partial charge is 3.00 e. The third-order valence-electron chi connectivity index (χ3n) is 5.19. The van der Waals surface area contributed by atoms with Gasteiger partial charge in [-0.2, -0.15) is 0 Å². The van der Waals surface area contributed by atoms with Crippen molar-refractivity contribution in [2.24, 2.45) is 0 Å². The van der Waals surface area contributed by atoms with Gasteiger partial charge in [-0.25, -0.2) is 15.0 Å². The molecule has 5 rings (SSSR count). The first-order valence-corrected chi connectivity index (χ1v) is 10.1. The number of imidazole rings is 2. The van der Waals surface area contributed by atoms with E-state index in [1.165, 1.54) is 0 Å². The summed E-state index contributed by atoms with van der Waals surface area (Å²) in [7, 11) is 3.31. The van der Waals surface area contributed by atoms with Crippen LogP contribution in [0, 0.1) is 0 Å². The number of ether oxygens (including phenoxy) is 2. The Balaban J connectivity index is 0.00000162. The molecule has 0 atom stereocenters. The molecule has 0 spiro atoms. The van der Waals surface area contributed by atoms with Crippen LogP contribution in [0.15, 0.2) is 91.5 Å². The summed E-state index contributed by atoms with van der Waals surface area (Å²) in [5.74, 6) is 3.11. The van der Waals surface area contributed by atoms with Gasteiger partial charge in [0.2, 0.25) is 0 Å². The number of rotatable bonds is 6. The minimum Gasteiger partial charge on any atom is -1.00 e. The summed E-state index contributed by atoms with van der Waals surface area (Å²) < 4.78 is 14.5. The van der Waals surface area contributed by atoms with Crippen LogP contribution in [0.5, 0.6) is 11.5 Å². The normalized spacial score (nSPS) is 9.61. The molecule has 0 saturated heterocycles. The number of hydrogen-bond acceptors (Lipinski definition) is 5. The molecule has 0 bridgehead atoms. The van der Waals surface area contributed by atoms with Crippen LogP contribution in [0.25, 0.3) is 34.4 Å². The molecule has 3 aromatic heterocycles. The second-order valence-electron chi connectivity index (χ2n) is 7.05. The molecule has 0 aliphatic rings. The third kappa shape index (κ3) is 6.24. The number of pyridine rings is 1. The topological polar surface area (TPSA) is 67.0 Å². The van der Waals surface area contributed by atoms with E-state index < -0.39 is 0 Å².